The highest BCUT2D eigenvalue weighted by Crippen LogP contribution is 2.37. The number of carbonyl (C=O) groups is 4. The Balaban J connectivity index is 1.27. The number of aryl methyl sites for hydroxylation is 4. The van der Waals surface area contributed by atoms with E-state index in [-0.39, 0.29) is 33.8 Å². The largest absolute Gasteiger partial charge is 0.459 e. The SMILES string of the molecule is Cc1ccc(C(=O)Nc2nc3c(ncn3[C@@H]3O[C@H](COC(=O)c4ccc(C)cc4)[C@@H](OC(=O)c4ccc(C)cc4)[C@H]3OC(=O)c3ccc(C)cc3)c(=O)[nH]2)cc1. The average molecular weight is 756 g/mol. The first-order valence-electron chi connectivity index (χ1n) is 17.7. The van der Waals surface area contributed by atoms with Crippen LogP contribution in [0.1, 0.15) is 69.9 Å². The van der Waals surface area contributed by atoms with Gasteiger partial charge in [-0.05, 0) is 76.2 Å². The standard InChI is InChI=1S/C42H37N5O9/c1-23-5-13-27(14-6-23)36(48)45-42-44-35-32(37(49)46-42)43-22-47(35)38-34(56-41(52)30-19-11-26(4)12-20-30)33(55-40(51)29-17-9-25(3)10-18-29)31(54-38)21-53-39(50)28-15-7-24(2)8-16-28/h5-20,22,31,33-34,38H,21H2,1-4H3,(H2,44,45,46,48,49)/t31-,33-,34-,38-/m1/s1. The number of hydrogen-bond donors (Lipinski definition) is 2. The lowest BCUT2D eigenvalue weighted by Crippen LogP contribution is -2.41. The molecule has 284 valence electrons. The normalized spacial score (nSPS) is 17.6. The smallest absolute Gasteiger partial charge is 0.338 e. The summed E-state index contributed by atoms with van der Waals surface area (Å²) in [6.45, 7) is 7.09. The first kappa shape index (κ1) is 37.4. The predicted octanol–water partition coefficient (Wildman–Crippen LogP) is 5.81. The molecule has 6 aromatic rings. The van der Waals surface area contributed by atoms with E-state index in [9.17, 15) is 24.0 Å². The van der Waals surface area contributed by atoms with Crippen LogP contribution < -0.4 is 10.9 Å². The molecule has 4 aromatic carbocycles. The number of esters is 3. The van der Waals surface area contributed by atoms with Crippen LogP contribution in [0.15, 0.2) is 108 Å². The Morgan fingerprint density at radius 1 is 0.679 bits per heavy atom. The summed E-state index contributed by atoms with van der Waals surface area (Å²) in [6, 6.07) is 26.9. The third-order valence-electron chi connectivity index (χ3n) is 9.26. The van der Waals surface area contributed by atoms with Gasteiger partial charge in [0.1, 0.15) is 12.7 Å². The number of H-pyrrole nitrogens is 1. The van der Waals surface area contributed by atoms with Crippen LogP contribution in [0.4, 0.5) is 5.95 Å². The number of nitrogens with zero attached hydrogens (tertiary/aromatic N) is 3. The zero-order chi connectivity index (χ0) is 39.5. The van der Waals surface area contributed by atoms with Crippen LogP contribution in [0.2, 0.25) is 0 Å². The first-order chi connectivity index (χ1) is 26.9. The van der Waals surface area contributed by atoms with Crippen molar-refractivity contribution in [3.05, 3.63) is 158 Å². The predicted molar refractivity (Wildman–Crippen MR) is 203 cm³/mol. The summed E-state index contributed by atoms with van der Waals surface area (Å²) in [5.41, 5.74) is 3.93. The first-order valence-corrected chi connectivity index (χ1v) is 17.7. The van der Waals surface area contributed by atoms with Crippen molar-refractivity contribution in [3.63, 3.8) is 0 Å². The van der Waals surface area contributed by atoms with Crippen molar-refractivity contribution < 1.29 is 38.1 Å². The molecule has 2 aromatic heterocycles. The highest BCUT2D eigenvalue weighted by molar-refractivity contribution is 6.03. The molecule has 0 unspecified atom stereocenters. The molecule has 56 heavy (non-hydrogen) atoms. The fourth-order valence-corrected chi connectivity index (χ4v) is 6.08. The van der Waals surface area contributed by atoms with Gasteiger partial charge >= 0.3 is 17.9 Å². The maximum absolute atomic E-state index is 13.8. The number of carbonyl (C=O) groups excluding carboxylic acids is 4. The molecule has 0 radical (unpaired) electrons. The number of hydrogen-bond acceptors (Lipinski definition) is 11. The molecule has 7 rings (SSSR count). The molecule has 14 nitrogen and oxygen atoms in total. The summed E-state index contributed by atoms with van der Waals surface area (Å²) >= 11 is 0. The zero-order valence-corrected chi connectivity index (χ0v) is 30.8. The van der Waals surface area contributed by atoms with Gasteiger partial charge in [0, 0.05) is 5.56 Å². The van der Waals surface area contributed by atoms with E-state index >= 15 is 0 Å². The zero-order valence-electron chi connectivity index (χ0n) is 30.8. The minimum atomic E-state index is -1.40. The van der Waals surface area contributed by atoms with E-state index < -0.39 is 60.5 Å². The fourth-order valence-electron chi connectivity index (χ4n) is 6.08. The molecule has 0 saturated carbocycles. The van der Waals surface area contributed by atoms with Crippen LogP contribution >= 0.6 is 0 Å². The number of aromatic amines is 1. The van der Waals surface area contributed by atoms with Crippen molar-refractivity contribution in [2.24, 2.45) is 0 Å². The second kappa shape index (κ2) is 15.8. The van der Waals surface area contributed by atoms with Crippen LogP contribution in [0, 0.1) is 27.7 Å². The van der Waals surface area contributed by atoms with Crippen LogP contribution in [0.5, 0.6) is 0 Å². The summed E-state index contributed by atoms with van der Waals surface area (Å²) in [6.07, 6.45) is -4.02. The topological polar surface area (TPSA) is 181 Å². The van der Waals surface area contributed by atoms with Gasteiger partial charge in [0.05, 0.1) is 23.0 Å². The molecular weight excluding hydrogens is 718 g/mol. The summed E-state index contributed by atoms with van der Waals surface area (Å²) in [4.78, 5) is 78.2. The molecule has 0 bridgehead atoms. The van der Waals surface area contributed by atoms with E-state index in [1.807, 2.05) is 27.7 Å². The van der Waals surface area contributed by atoms with Gasteiger partial charge in [-0.1, -0.05) is 70.8 Å². The lowest BCUT2D eigenvalue weighted by atomic mass is 10.1. The number of anilines is 1. The third kappa shape index (κ3) is 8.10. The molecule has 1 fully saturated rings. The van der Waals surface area contributed by atoms with E-state index in [1.54, 1.807) is 97.1 Å². The van der Waals surface area contributed by atoms with Gasteiger partial charge in [0.25, 0.3) is 11.5 Å². The van der Waals surface area contributed by atoms with Gasteiger partial charge < -0.3 is 18.9 Å². The van der Waals surface area contributed by atoms with Crippen molar-refractivity contribution in [2.75, 3.05) is 11.9 Å². The molecule has 3 heterocycles. The highest BCUT2D eigenvalue weighted by atomic mass is 16.7. The Hall–Kier alpha value is -6.93. The fraction of sp³-hybridized carbons (Fsp3) is 0.214. The molecule has 2 N–H and O–H groups in total. The van der Waals surface area contributed by atoms with Gasteiger partial charge in [-0.25, -0.2) is 19.4 Å². The number of fused-ring (bicyclic) bond motifs is 1. The number of rotatable bonds is 10. The van der Waals surface area contributed by atoms with Gasteiger partial charge in [-0.15, -0.1) is 0 Å². The summed E-state index contributed by atoms with van der Waals surface area (Å²) in [5.74, 6) is -2.90. The lowest BCUT2D eigenvalue weighted by molar-refractivity contribution is -0.0606. The molecule has 0 spiro atoms. The molecule has 1 aliphatic rings. The van der Waals surface area contributed by atoms with Crippen LogP contribution in [-0.2, 0) is 18.9 Å². The Morgan fingerprint density at radius 2 is 1.14 bits per heavy atom. The van der Waals surface area contributed by atoms with E-state index in [0.717, 1.165) is 22.3 Å². The van der Waals surface area contributed by atoms with Crippen LogP contribution in [-0.4, -0.2) is 68.3 Å². The molecular formula is C42H37N5O9. The second-order valence-corrected chi connectivity index (χ2v) is 13.6. The molecule has 1 aliphatic heterocycles. The van der Waals surface area contributed by atoms with Gasteiger partial charge in [-0.3, -0.25) is 24.5 Å². The number of benzene rings is 4. The second-order valence-electron chi connectivity index (χ2n) is 13.6. The molecule has 4 atom stereocenters. The summed E-state index contributed by atoms with van der Waals surface area (Å²) in [5, 5.41) is 2.61. The maximum atomic E-state index is 13.8. The van der Waals surface area contributed by atoms with E-state index in [1.165, 1.54) is 10.9 Å². The summed E-state index contributed by atoms with van der Waals surface area (Å²) < 4.78 is 25.6. The van der Waals surface area contributed by atoms with Crippen molar-refractivity contribution in [3.8, 4) is 0 Å². The number of aromatic nitrogens is 4. The van der Waals surface area contributed by atoms with Crippen LogP contribution in [0.3, 0.4) is 0 Å². The number of imidazole rings is 1. The van der Waals surface area contributed by atoms with Gasteiger partial charge in [0.2, 0.25) is 5.95 Å². The van der Waals surface area contributed by atoms with Gasteiger partial charge in [-0.2, -0.15) is 4.98 Å². The summed E-state index contributed by atoms with van der Waals surface area (Å²) in [7, 11) is 0. The number of amides is 1. The minimum absolute atomic E-state index is 0.0461. The average Bonchev–Trinajstić information content (AvgIpc) is 3.75. The Kier molecular flexibility index (Phi) is 10.6. The molecule has 1 saturated heterocycles. The van der Waals surface area contributed by atoms with E-state index in [2.05, 4.69) is 20.3 Å². The Bertz CT molecular complexity index is 2480. The number of nitrogens with one attached hydrogen (secondary N) is 2. The molecule has 1 amide bonds. The van der Waals surface area contributed by atoms with E-state index in [4.69, 9.17) is 18.9 Å². The van der Waals surface area contributed by atoms with Crippen molar-refractivity contribution >= 4 is 40.9 Å². The van der Waals surface area contributed by atoms with Crippen molar-refractivity contribution in [2.45, 2.75) is 52.2 Å². The molecule has 14 heteroatoms. The maximum Gasteiger partial charge on any atom is 0.338 e. The third-order valence-corrected chi connectivity index (χ3v) is 9.26. The van der Waals surface area contributed by atoms with Crippen molar-refractivity contribution in [1.29, 1.82) is 0 Å². The Morgan fingerprint density at radius 3 is 1.66 bits per heavy atom. The lowest BCUT2D eigenvalue weighted by Gasteiger charge is -2.25. The monoisotopic (exact) mass is 755 g/mol. The number of ether oxygens (including phenoxy) is 4. The Labute approximate surface area is 320 Å². The van der Waals surface area contributed by atoms with Gasteiger partial charge in [0.15, 0.2) is 29.6 Å². The minimum Gasteiger partial charge on any atom is -0.459 e. The molecule has 0 aliphatic carbocycles. The highest BCUT2D eigenvalue weighted by Gasteiger charge is 2.52. The van der Waals surface area contributed by atoms with Crippen molar-refractivity contribution in [1.82, 2.24) is 19.5 Å². The van der Waals surface area contributed by atoms with Crippen LogP contribution in [0.25, 0.3) is 11.2 Å². The van der Waals surface area contributed by atoms with E-state index in [0.29, 0.717) is 5.56 Å². The quantitative estimate of drug-likeness (QED) is 0.127.